The van der Waals surface area contributed by atoms with Crippen molar-refractivity contribution in [1.29, 1.82) is 0 Å². The molecule has 3 rings (SSSR count). The Bertz CT molecular complexity index is 633. The minimum absolute atomic E-state index is 0.430. The molecule has 2 aromatic heterocycles. The first-order valence-corrected chi connectivity index (χ1v) is 8.94. The van der Waals surface area contributed by atoms with Crippen LogP contribution in [0.5, 0.6) is 0 Å². The van der Waals surface area contributed by atoms with E-state index in [1.54, 1.807) is 0 Å². The molecule has 24 heavy (non-hydrogen) atoms. The van der Waals surface area contributed by atoms with Crippen LogP contribution in [0.1, 0.15) is 51.0 Å². The second-order valence-electron chi connectivity index (χ2n) is 6.56. The molecule has 0 bridgehead atoms. The lowest BCUT2D eigenvalue weighted by atomic mass is 10.2. The smallest absolute Gasteiger partial charge is 0.0967 e. The molecule has 0 saturated carbocycles. The van der Waals surface area contributed by atoms with Gasteiger partial charge in [0.25, 0.3) is 0 Å². The molecule has 1 saturated heterocycles. The fourth-order valence-corrected chi connectivity index (χ4v) is 3.19. The van der Waals surface area contributed by atoms with E-state index in [1.807, 2.05) is 10.9 Å². The van der Waals surface area contributed by atoms with Gasteiger partial charge in [-0.2, -0.15) is 5.10 Å². The topological polar surface area (TPSA) is 61.0 Å². The Balaban J connectivity index is 1.59. The van der Waals surface area contributed by atoms with Crippen molar-refractivity contribution in [3.05, 3.63) is 29.8 Å². The number of nitrogens with zero attached hydrogens (tertiary/aromatic N) is 6. The van der Waals surface area contributed by atoms with Crippen LogP contribution in [0, 0.1) is 0 Å². The van der Waals surface area contributed by atoms with E-state index in [0.29, 0.717) is 18.6 Å². The van der Waals surface area contributed by atoms with Crippen LogP contribution < -0.4 is 0 Å². The van der Waals surface area contributed by atoms with Gasteiger partial charge in [-0.05, 0) is 25.8 Å². The third-order valence-electron chi connectivity index (χ3n) is 4.76. The summed E-state index contributed by atoms with van der Waals surface area (Å²) in [5.41, 5.74) is 2.03. The zero-order valence-corrected chi connectivity index (χ0v) is 14.9. The summed E-state index contributed by atoms with van der Waals surface area (Å²) in [5, 5.41) is 13.3. The zero-order valence-electron chi connectivity index (χ0n) is 14.9. The van der Waals surface area contributed by atoms with E-state index in [4.69, 9.17) is 4.74 Å². The van der Waals surface area contributed by atoms with Crippen LogP contribution >= 0.6 is 0 Å². The molecule has 1 fully saturated rings. The molecule has 3 heterocycles. The summed E-state index contributed by atoms with van der Waals surface area (Å²) in [5.74, 6) is 0. The van der Waals surface area contributed by atoms with Crippen molar-refractivity contribution in [3.8, 4) is 0 Å². The molecule has 132 valence electrons. The van der Waals surface area contributed by atoms with Gasteiger partial charge in [0.15, 0.2) is 0 Å². The quantitative estimate of drug-likeness (QED) is 0.777. The van der Waals surface area contributed by atoms with Gasteiger partial charge >= 0.3 is 0 Å². The van der Waals surface area contributed by atoms with Crippen LogP contribution in [0.2, 0.25) is 0 Å². The van der Waals surface area contributed by atoms with Crippen LogP contribution in [-0.4, -0.2) is 55.5 Å². The molecule has 1 aliphatic rings. The van der Waals surface area contributed by atoms with Gasteiger partial charge in [0.2, 0.25) is 0 Å². The van der Waals surface area contributed by atoms with Gasteiger partial charge in [0.05, 0.1) is 43.4 Å². The first-order valence-electron chi connectivity index (χ1n) is 8.94. The molecule has 1 atom stereocenters. The molecular formula is C17H28N6O. The Hall–Kier alpha value is -1.73. The number of hydrogen-bond donors (Lipinski definition) is 0. The summed E-state index contributed by atoms with van der Waals surface area (Å²) < 4.78 is 9.43. The monoisotopic (exact) mass is 332 g/mol. The lowest BCUT2D eigenvalue weighted by molar-refractivity contribution is -0.00492. The van der Waals surface area contributed by atoms with E-state index in [0.717, 1.165) is 50.5 Å². The number of ether oxygens (including phenoxy) is 1. The standard InChI is InChI=1S/C17H28N6O/c1-4-17(5-2)23-7-6-15(19-23)11-22-12-16(18-20-22)10-21-8-9-24-13-14(21)3/h6-7,12,14,17H,4-5,8-11,13H2,1-3H3/t14-/m1/s1. The van der Waals surface area contributed by atoms with Crippen LogP contribution in [0.3, 0.4) is 0 Å². The largest absolute Gasteiger partial charge is 0.379 e. The Kier molecular flexibility index (Phi) is 5.63. The Morgan fingerprint density at radius 2 is 2.08 bits per heavy atom. The number of rotatable bonds is 7. The first-order chi connectivity index (χ1) is 11.7. The summed E-state index contributed by atoms with van der Waals surface area (Å²) in [7, 11) is 0. The maximum Gasteiger partial charge on any atom is 0.0967 e. The van der Waals surface area contributed by atoms with Gasteiger partial charge in [-0.3, -0.25) is 9.58 Å². The predicted molar refractivity (Wildman–Crippen MR) is 91.7 cm³/mol. The summed E-state index contributed by atoms with van der Waals surface area (Å²) in [6.45, 7) is 10.6. The lowest BCUT2D eigenvalue weighted by Crippen LogP contribution is -2.42. The molecule has 0 spiro atoms. The van der Waals surface area contributed by atoms with E-state index >= 15 is 0 Å². The van der Waals surface area contributed by atoms with Crippen LogP contribution in [0.15, 0.2) is 18.5 Å². The zero-order chi connectivity index (χ0) is 16.9. The van der Waals surface area contributed by atoms with Crippen LogP contribution in [0.4, 0.5) is 0 Å². The molecule has 0 amide bonds. The Labute approximate surface area is 143 Å². The molecule has 2 aromatic rings. The second kappa shape index (κ2) is 7.90. The SMILES string of the molecule is CCC(CC)n1ccc(Cn2cc(CN3CCOC[C@H]3C)nn2)n1. The fraction of sp³-hybridized carbons (Fsp3) is 0.706. The maximum atomic E-state index is 5.48. The molecule has 1 aliphatic heterocycles. The van der Waals surface area contributed by atoms with Crippen molar-refractivity contribution in [1.82, 2.24) is 29.7 Å². The normalized spacial score (nSPS) is 19.2. The van der Waals surface area contributed by atoms with Crippen molar-refractivity contribution < 1.29 is 4.74 Å². The minimum Gasteiger partial charge on any atom is -0.379 e. The van der Waals surface area contributed by atoms with Crippen molar-refractivity contribution >= 4 is 0 Å². The van der Waals surface area contributed by atoms with E-state index < -0.39 is 0 Å². The van der Waals surface area contributed by atoms with Gasteiger partial charge < -0.3 is 4.74 Å². The molecular weight excluding hydrogens is 304 g/mol. The Morgan fingerprint density at radius 1 is 1.25 bits per heavy atom. The highest BCUT2D eigenvalue weighted by atomic mass is 16.5. The number of aromatic nitrogens is 5. The highest BCUT2D eigenvalue weighted by molar-refractivity contribution is 5.02. The van der Waals surface area contributed by atoms with E-state index in [1.165, 1.54) is 0 Å². The third kappa shape index (κ3) is 4.02. The third-order valence-corrected chi connectivity index (χ3v) is 4.76. The molecule has 7 heteroatoms. The second-order valence-corrected chi connectivity index (χ2v) is 6.56. The van der Waals surface area contributed by atoms with Gasteiger partial charge in [-0.1, -0.05) is 19.1 Å². The highest BCUT2D eigenvalue weighted by Gasteiger charge is 2.20. The molecule has 0 aliphatic carbocycles. The predicted octanol–water partition coefficient (Wildman–Crippen LogP) is 2.10. The van der Waals surface area contributed by atoms with E-state index in [9.17, 15) is 0 Å². The maximum absolute atomic E-state index is 5.48. The summed E-state index contributed by atoms with van der Waals surface area (Å²) in [6, 6.07) is 2.98. The van der Waals surface area contributed by atoms with E-state index in [-0.39, 0.29) is 0 Å². The molecule has 7 nitrogen and oxygen atoms in total. The van der Waals surface area contributed by atoms with Gasteiger partial charge in [0, 0.05) is 25.3 Å². The first kappa shape index (κ1) is 17.1. The van der Waals surface area contributed by atoms with Crippen LogP contribution in [-0.2, 0) is 17.8 Å². The molecule has 0 N–H and O–H groups in total. The van der Waals surface area contributed by atoms with Crippen molar-refractivity contribution in [3.63, 3.8) is 0 Å². The lowest BCUT2D eigenvalue weighted by Gasteiger charge is -2.32. The molecule has 0 radical (unpaired) electrons. The average molecular weight is 332 g/mol. The van der Waals surface area contributed by atoms with E-state index in [2.05, 4.69) is 58.0 Å². The van der Waals surface area contributed by atoms with Crippen molar-refractivity contribution in [2.45, 2.75) is 58.8 Å². The molecule has 0 aromatic carbocycles. The van der Waals surface area contributed by atoms with Crippen molar-refractivity contribution in [2.24, 2.45) is 0 Å². The number of morpholine rings is 1. The fourth-order valence-electron chi connectivity index (χ4n) is 3.19. The Morgan fingerprint density at radius 3 is 2.83 bits per heavy atom. The number of hydrogen-bond acceptors (Lipinski definition) is 5. The minimum atomic E-state index is 0.430. The van der Waals surface area contributed by atoms with Gasteiger partial charge in [-0.25, -0.2) is 4.68 Å². The summed E-state index contributed by atoms with van der Waals surface area (Å²) in [6.07, 6.45) is 6.30. The summed E-state index contributed by atoms with van der Waals surface area (Å²) >= 11 is 0. The summed E-state index contributed by atoms with van der Waals surface area (Å²) in [4.78, 5) is 2.39. The van der Waals surface area contributed by atoms with Gasteiger partial charge in [-0.15, -0.1) is 5.10 Å². The van der Waals surface area contributed by atoms with Crippen molar-refractivity contribution in [2.75, 3.05) is 19.8 Å². The van der Waals surface area contributed by atoms with Gasteiger partial charge in [0.1, 0.15) is 0 Å². The highest BCUT2D eigenvalue weighted by Crippen LogP contribution is 2.15. The average Bonchev–Trinajstić information content (AvgIpc) is 3.21. The molecule has 0 unspecified atom stereocenters. The van der Waals surface area contributed by atoms with Crippen LogP contribution in [0.25, 0.3) is 0 Å².